The van der Waals surface area contributed by atoms with E-state index >= 15 is 0 Å². The molecule has 0 heterocycles. The third-order valence-corrected chi connectivity index (χ3v) is 2.68. The number of hydrogen-bond acceptors (Lipinski definition) is 1. The minimum atomic E-state index is -4.43. The summed E-state index contributed by atoms with van der Waals surface area (Å²) in [6.45, 7) is 0. The zero-order valence-electron chi connectivity index (χ0n) is 6.60. The summed E-state index contributed by atoms with van der Waals surface area (Å²) >= 11 is 0. The second kappa shape index (κ2) is 2.16. The van der Waals surface area contributed by atoms with Crippen molar-refractivity contribution in [1.29, 1.82) is 5.26 Å². The highest BCUT2D eigenvalue weighted by Crippen LogP contribution is 2.68. The van der Waals surface area contributed by atoms with Crippen molar-refractivity contribution in [1.82, 2.24) is 0 Å². The van der Waals surface area contributed by atoms with Crippen molar-refractivity contribution in [3.05, 3.63) is 23.8 Å². The van der Waals surface area contributed by atoms with Crippen LogP contribution >= 0.6 is 0 Å². The highest BCUT2D eigenvalue weighted by atomic mass is 19.4. The molecule has 0 N–H and O–H groups in total. The van der Waals surface area contributed by atoms with Gasteiger partial charge in [-0.05, 0) is 12.0 Å². The third kappa shape index (κ3) is 0.819. The largest absolute Gasteiger partial charge is 0.411 e. The van der Waals surface area contributed by atoms with E-state index in [1.807, 2.05) is 0 Å². The summed E-state index contributed by atoms with van der Waals surface area (Å²) in [4.78, 5) is 0. The molecule has 0 aromatic heterocycles. The fraction of sp³-hybridized carbons (Fsp3) is 0.444. The predicted molar refractivity (Wildman–Crippen MR) is 39.4 cm³/mol. The Labute approximate surface area is 73.2 Å². The molecule has 2 aliphatic carbocycles. The quantitative estimate of drug-likeness (QED) is 0.569. The van der Waals surface area contributed by atoms with Gasteiger partial charge in [-0.2, -0.15) is 18.4 Å². The molecule has 2 unspecified atom stereocenters. The first-order chi connectivity index (χ1) is 6.04. The second-order valence-corrected chi connectivity index (χ2v) is 3.26. The summed E-state index contributed by atoms with van der Waals surface area (Å²) in [5.74, 6) is -0.623. The van der Waals surface area contributed by atoms with Gasteiger partial charge in [0.15, 0.2) is 5.41 Å². The van der Waals surface area contributed by atoms with Crippen molar-refractivity contribution in [2.75, 3.05) is 0 Å². The van der Waals surface area contributed by atoms with Crippen LogP contribution in [0.4, 0.5) is 13.2 Å². The average molecular weight is 185 g/mol. The molecule has 2 atom stereocenters. The molecule has 0 amide bonds. The van der Waals surface area contributed by atoms with E-state index in [-0.39, 0.29) is 5.57 Å². The van der Waals surface area contributed by atoms with Crippen LogP contribution in [0.3, 0.4) is 0 Å². The van der Waals surface area contributed by atoms with Gasteiger partial charge in [-0.25, -0.2) is 0 Å². The Bertz CT molecular complexity index is 345. The van der Waals surface area contributed by atoms with Gasteiger partial charge in [-0.3, -0.25) is 0 Å². The van der Waals surface area contributed by atoms with Crippen molar-refractivity contribution in [3.8, 4) is 6.07 Å². The minimum Gasteiger partial charge on any atom is -0.197 e. The molecule has 0 aliphatic heterocycles. The van der Waals surface area contributed by atoms with Crippen LogP contribution in [-0.2, 0) is 0 Å². The lowest BCUT2D eigenvalue weighted by molar-refractivity contribution is -0.170. The number of nitrogens with zero attached hydrogens (tertiary/aromatic N) is 1. The first kappa shape index (κ1) is 8.36. The van der Waals surface area contributed by atoms with Gasteiger partial charge in [0, 0.05) is 5.92 Å². The Balaban J connectivity index is 2.41. The van der Waals surface area contributed by atoms with Gasteiger partial charge in [-0.15, -0.1) is 0 Å². The van der Waals surface area contributed by atoms with Gasteiger partial charge < -0.3 is 0 Å². The molecule has 68 valence electrons. The number of rotatable bonds is 0. The van der Waals surface area contributed by atoms with Crippen LogP contribution in [0.5, 0.6) is 0 Å². The first-order valence-corrected chi connectivity index (χ1v) is 3.89. The Morgan fingerprint density at radius 3 is 2.62 bits per heavy atom. The monoisotopic (exact) mass is 185 g/mol. The van der Waals surface area contributed by atoms with Crippen molar-refractivity contribution >= 4 is 0 Å². The van der Waals surface area contributed by atoms with Gasteiger partial charge in [-0.1, -0.05) is 18.2 Å². The van der Waals surface area contributed by atoms with Gasteiger partial charge in [0.1, 0.15) is 0 Å². The van der Waals surface area contributed by atoms with Crippen LogP contribution in [0, 0.1) is 22.7 Å². The van der Waals surface area contributed by atoms with Crippen molar-refractivity contribution in [3.63, 3.8) is 0 Å². The lowest BCUT2D eigenvalue weighted by atomic mass is 10.0. The molecule has 2 rings (SSSR count). The Morgan fingerprint density at radius 1 is 1.54 bits per heavy atom. The van der Waals surface area contributed by atoms with E-state index in [9.17, 15) is 13.2 Å². The minimum absolute atomic E-state index is 0.227. The summed E-state index contributed by atoms with van der Waals surface area (Å²) in [7, 11) is 0. The molecule has 0 radical (unpaired) electrons. The standard InChI is InChI=1S/C9H6F3N/c10-9(11,12)8(5-13)6-3-1-2-4-7(6)8/h1-3,7H,4H2. The van der Waals surface area contributed by atoms with Gasteiger partial charge in [0.25, 0.3) is 0 Å². The molecule has 2 aliphatic rings. The molecule has 0 spiro atoms. The zero-order chi connectivity index (χ0) is 9.69. The fourth-order valence-electron chi connectivity index (χ4n) is 1.92. The maximum atomic E-state index is 12.5. The Hall–Kier alpha value is -1.24. The summed E-state index contributed by atoms with van der Waals surface area (Å²) in [6.07, 6.45) is 0.559. The normalized spacial score (nSPS) is 36.2. The number of alkyl halides is 3. The van der Waals surface area contributed by atoms with Gasteiger partial charge in [0.05, 0.1) is 6.07 Å². The molecular formula is C9H6F3N. The zero-order valence-corrected chi connectivity index (χ0v) is 6.60. The maximum Gasteiger partial charge on any atom is 0.411 e. The molecule has 13 heavy (non-hydrogen) atoms. The number of hydrogen-bond donors (Lipinski definition) is 0. The Morgan fingerprint density at radius 2 is 2.23 bits per heavy atom. The van der Waals surface area contributed by atoms with E-state index in [4.69, 9.17) is 5.26 Å². The van der Waals surface area contributed by atoms with Gasteiger partial charge in [0.2, 0.25) is 0 Å². The summed E-state index contributed by atoms with van der Waals surface area (Å²) < 4.78 is 37.5. The molecule has 0 bridgehead atoms. The van der Waals surface area contributed by atoms with Crippen LogP contribution in [-0.4, -0.2) is 6.18 Å². The fourth-order valence-corrected chi connectivity index (χ4v) is 1.92. The van der Waals surface area contributed by atoms with E-state index in [2.05, 4.69) is 0 Å². The second-order valence-electron chi connectivity index (χ2n) is 3.26. The summed E-state index contributed by atoms with van der Waals surface area (Å²) in [6, 6.07) is 1.40. The topological polar surface area (TPSA) is 23.8 Å². The number of halogens is 3. The third-order valence-electron chi connectivity index (χ3n) is 2.68. The molecule has 1 nitrogen and oxygen atoms in total. The van der Waals surface area contributed by atoms with Crippen LogP contribution in [0.15, 0.2) is 23.8 Å². The van der Waals surface area contributed by atoms with E-state index in [0.717, 1.165) is 0 Å². The van der Waals surface area contributed by atoms with Crippen molar-refractivity contribution in [2.24, 2.45) is 11.3 Å². The lowest BCUT2D eigenvalue weighted by Crippen LogP contribution is -2.25. The summed E-state index contributed by atoms with van der Waals surface area (Å²) in [5.41, 5.74) is -1.94. The smallest absolute Gasteiger partial charge is 0.197 e. The van der Waals surface area contributed by atoms with Crippen molar-refractivity contribution < 1.29 is 13.2 Å². The van der Waals surface area contributed by atoms with E-state index < -0.39 is 17.5 Å². The Kier molecular flexibility index (Phi) is 1.39. The first-order valence-electron chi connectivity index (χ1n) is 3.89. The van der Waals surface area contributed by atoms with E-state index in [0.29, 0.717) is 6.42 Å². The van der Waals surface area contributed by atoms with Crippen LogP contribution in [0.1, 0.15) is 6.42 Å². The number of nitriles is 1. The number of allylic oxidation sites excluding steroid dienone is 4. The molecule has 0 aromatic rings. The highest BCUT2D eigenvalue weighted by Gasteiger charge is 2.75. The maximum absolute atomic E-state index is 12.5. The lowest BCUT2D eigenvalue weighted by Gasteiger charge is -2.11. The predicted octanol–water partition coefficient (Wildman–Crippen LogP) is 2.57. The SMILES string of the molecule is N#CC1(C(F)(F)F)C2=CC=CCC21. The molecule has 4 heteroatoms. The molecule has 0 aromatic carbocycles. The van der Waals surface area contributed by atoms with Crippen LogP contribution in [0.25, 0.3) is 0 Å². The number of fused-ring (bicyclic) bond motifs is 1. The van der Waals surface area contributed by atoms with E-state index in [1.54, 1.807) is 12.2 Å². The molecular weight excluding hydrogens is 179 g/mol. The summed E-state index contributed by atoms with van der Waals surface area (Å²) in [5, 5.41) is 8.58. The van der Waals surface area contributed by atoms with E-state index in [1.165, 1.54) is 12.1 Å². The van der Waals surface area contributed by atoms with Gasteiger partial charge >= 0.3 is 6.18 Å². The molecule has 1 fully saturated rings. The average Bonchev–Trinajstić information content (AvgIpc) is 2.72. The highest BCUT2D eigenvalue weighted by molar-refractivity contribution is 5.51. The van der Waals surface area contributed by atoms with Crippen LogP contribution < -0.4 is 0 Å². The molecule has 0 saturated heterocycles. The van der Waals surface area contributed by atoms with Crippen LogP contribution in [0.2, 0.25) is 0 Å². The van der Waals surface area contributed by atoms with Crippen molar-refractivity contribution in [2.45, 2.75) is 12.6 Å². The molecule has 1 saturated carbocycles.